The van der Waals surface area contributed by atoms with Gasteiger partial charge in [0.25, 0.3) is 5.56 Å². The Labute approximate surface area is 204 Å². The Kier molecular flexibility index (Phi) is 6.24. The number of benzene rings is 3. The number of fused-ring (bicyclic) bond motifs is 3. The number of hydrogen-bond acceptors (Lipinski definition) is 5. The maximum Gasteiger partial charge on any atom is 0.283 e. The summed E-state index contributed by atoms with van der Waals surface area (Å²) < 4.78 is 20.1. The Hall–Kier alpha value is -4.11. The van der Waals surface area contributed by atoms with Crippen LogP contribution in [0.1, 0.15) is 5.56 Å². The van der Waals surface area contributed by atoms with Gasteiger partial charge in [-0.2, -0.15) is 0 Å². The molecule has 0 atom stereocenters. The van der Waals surface area contributed by atoms with Crippen LogP contribution in [-0.4, -0.2) is 33.3 Å². The molecule has 0 aliphatic heterocycles. The summed E-state index contributed by atoms with van der Waals surface area (Å²) in [6.45, 7) is 0.272. The summed E-state index contributed by atoms with van der Waals surface area (Å²) in [5.74, 6) is -0.0197. The lowest BCUT2D eigenvalue weighted by Gasteiger charge is -2.15. The number of rotatable bonds is 7. The van der Waals surface area contributed by atoms with Crippen LogP contribution in [0.2, 0.25) is 0 Å². The van der Waals surface area contributed by atoms with Crippen LogP contribution in [0.25, 0.3) is 27.6 Å². The van der Waals surface area contributed by atoms with Crippen molar-refractivity contribution in [3.63, 3.8) is 0 Å². The molecule has 9 heteroatoms. The molecule has 2 heterocycles. The smallest absolute Gasteiger partial charge is 0.283 e. The zero-order valence-corrected chi connectivity index (χ0v) is 19.6. The lowest BCUT2D eigenvalue weighted by molar-refractivity contribution is -0.118. The van der Waals surface area contributed by atoms with E-state index in [1.165, 1.54) is 23.8 Å². The van der Waals surface area contributed by atoms with E-state index in [1.807, 2.05) is 36.4 Å². The zero-order valence-electron chi connectivity index (χ0n) is 18.7. The molecule has 0 unspecified atom stereocenters. The fourth-order valence-electron chi connectivity index (χ4n) is 3.85. The molecule has 7 nitrogen and oxygen atoms in total. The molecule has 35 heavy (non-hydrogen) atoms. The number of amides is 1. The molecule has 0 fully saturated rings. The number of aromatic amines is 1. The van der Waals surface area contributed by atoms with E-state index in [1.54, 1.807) is 24.3 Å². The fraction of sp³-hybridized carbons (Fsp3) is 0.115. The standard InChI is InChI=1S/C26H21FN4O3S/c1-34-21-9-5-4-8-20(21)31-25(33)24-23(18-6-2-3-7-19(18)29-24)30-26(31)35-15-22(32)28-14-16-10-12-17(27)13-11-16/h2-13,29H,14-15H2,1H3,(H,28,32). The average Bonchev–Trinajstić information content (AvgIpc) is 3.26. The first-order valence-corrected chi connectivity index (χ1v) is 11.8. The van der Waals surface area contributed by atoms with E-state index in [0.29, 0.717) is 27.6 Å². The van der Waals surface area contributed by atoms with Crippen LogP contribution >= 0.6 is 11.8 Å². The summed E-state index contributed by atoms with van der Waals surface area (Å²) in [6.07, 6.45) is 0. The third-order valence-corrected chi connectivity index (χ3v) is 6.49. The van der Waals surface area contributed by atoms with Gasteiger partial charge in [-0.3, -0.25) is 9.59 Å². The lowest BCUT2D eigenvalue weighted by atomic mass is 10.2. The highest BCUT2D eigenvalue weighted by Crippen LogP contribution is 2.29. The number of thioether (sulfide) groups is 1. The molecule has 0 saturated heterocycles. The second-order valence-corrected chi connectivity index (χ2v) is 8.74. The van der Waals surface area contributed by atoms with Crippen molar-refractivity contribution in [2.75, 3.05) is 12.9 Å². The van der Waals surface area contributed by atoms with Crippen molar-refractivity contribution in [1.29, 1.82) is 0 Å². The molecule has 2 N–H and O–H groups in total. The van der Waals surface area contributed by atoms with Gasteiger partial charge in [-0.25, -0.2) is 13.9 Å². The van der Waals surface area contributed by atoms with E-state index in [9.17, 15) is 14.0 Å². The van der Waals surface area contributed by atoms with Gasteiger partial charge in [-0.15, -0.1) is 0 Å². The number of ether oxygens (including phenoxy) is 1. The molecule has 1 amide bonds. The van der Waals surface area contributed by atoms with Gasteiger partial charge in [0.05, 0.1) is 18.6 Å². The van der Waals surface area contributed by atoms with Gasteiger partial charge < -0.3 is 15.0 Å². The second kappa shape index (κ2) is 9.63. The minimum atomic E-state index is -0.330. The molecule has 2 aromatic heterocycles. The predicted molar refractivity (Wildman–Crippen MR) is 135 cm³/mol. The molecule has 0 bridgehead atoms. The predicted octanol–water partition coefficient (Wildman–Crippen LogP) is 4.42. The van der Waals surface area contributed by atoms with E-state index >= 15 is 0 Å². The molecule has 176 valence electrons. The van der Waals surface area contributed by atoms with Crippen LogP contribution in [0, 0.1) is 5.82 Å². The number of aromatic nitrogens is 3. The zero-order chi connectivity index (χ0) is 24.4. The molecular formula is C26H21FN4O3S. The van der Waals surface area contributed by atoms with Gasteiger partial charge in [0.15, 0.2) is 5.16 Å². The summed E-state index contributed by atoms with van der Waals surface area (Å²) in [5, 5.41) is 4.02. The topological polar surface area (TPSA) is 89.0 Å². The molecule has 0 aliphatic carbocycles. The highest BCUT2D eigenvalue weighted by atomic mass is 32.2. The number of nitrogens with one attached hydrogen (secondary N) is 2. The minimum Gasteiger partial charge on any atom is -0.495 e. The summed E-state index contributed by atoms with van der Waals surface area (Å²) >= 11 is 1.16. The Morgan fingerprint density at radius 2 is 1.83 bits per heavy atom. The number of halogens is 1. The van der Waals surface area contributed by atoms with E-state index < -0.39 is 0 Å². The summed E-state index contributed by atoms with van der Waals surface area (Å²) in [7, 11) is 1.54. The highest BCUT2D eigenvalue weighted by Gasteiger charge is 2.20. The molecule has 0 radical (unpaired) electrons. The van der Waals surface area contributed by atoms with Crippen molar-refractivity contribution < 1.29 is 13.9 Å². The number of carbonyl (C=O) groups excluding carboxylic acids is 1. The molecule has 0 saturated carbocycles. The number of carbonyl (C=O) groups is 1. The largest absolute Gasteiger partial charge is 0.495 e. The maximum absolute atomic E-state index is 13.7. The van der Waals surface area contributed by atoms with Crippen LogP contribution in [-0.2, 0) is 11.3 Å². The first kappa shape index (κ1) is 22.7. The number of H-pyrrole nitrogens is 1. The number of hydrogen-bond donors (Lipinski definition) is 2. The van der Waals surface area contributed by atoms with Crippen LogP contribution in [0.4, 0.5) is 4.39 Å². The van der Waals surface area contributed by atoms with Gasteiger partial charge in [0.2, 0.25) is 5.91 Å². The third-order valence-electron chi connectivity index (χ3n) is 5.56. The maximum atomic E-state index is 13.7. The van der Waals surface area contributed by atoms with Crippen molar-refractivity contribution >= 4 is 39.6 Å². The Balaban J connectivity index is 1.51. The normalized spacial score (nSPS) is 11.1. The fourth-order valence-corrected chi connectivity index (χ4v) is 4.68. The Morgan fingerprint density at radius 1 is 1.09 bits per heavy atom. The van der Waals surface area contributed by atoms with Crippen molar-refractivity contribution in [2.24, 2.45) is 0 Å². The van der Waals surface area contributed by atoms with Gasteiger partial charge in [0, 0.05) is 17.4 Å². The minimum absolute atomic E-state index is 0.0383. The second-order valence-electron chi connectivity index (χ2n) is 7.79. The van der Waals surface area contributed by atoms with Crippen LogP contribution in [0.15, 0.2) is 82.7 Å². The molecule has 0 aliphatic rings. The molecule has 3 aromatic carbocycles. The van der Waals surface area contributed by atoms with Gasteiger partial charge in [0.1, 0.15) is 22.6 Å². The SMILES string of the molecule is COc1ccccc1-n1c(SCC(=O)NCc2ccc(F)cc2)nc2c([nH]c3ccccc32)c1=O. The number of methoxy groups -OCH3 is 1. The van der Waals surface area contributed by atoms with Crippen LogP contribution in [0.3, 0.4) is 0 Å². The van der Waals surface area contributed by atoms with Crippen LogP contribution in [0.5, 0.6) is 5.75 Å². The monoisotopic (exact) mass is 488 g/mol. The Bertz CT molecular complexity index is 1590. The summed E-state index contributed by atoms with van der Waals surface area (Å²) in [4.78, 5) is 34.2. The van der Waals surface area contributed by atoms with E-state index in [0.717, 1.165) is 28.2 Å². The molecular weight excluding hydrogens is 467 g/mol. The number of para-hydroxylation sites is 3. The highest BCUT2D eigenvalue weighted by molar-refractivity contribution is 7.99. The molecule has 5 aromatic rings. The molecule has 5 rings (SSSR count). The summed E-state index contributed by atoms with van der Waals surface area (Å²) in [6, 6.07) is 20.7. The first-order chi connectivity index (χ1) is 17.0. The average molecular weight is 489 g/mol. The van der Waals surface area contributed by atoms with Gasteiger partial charge in [-0.05, 0) is 35.9 Å². The summed E-state index contributed by atoms with van der Waals surface area (Å²) in [5.41, 5.74) is 2.76. The quantitative estimate of drug-likeness (QED) is 0.262. The van der Waals surface area contributed by atoms with E-state index in [4.69, 9.17) is 9.72 Å². The number of nitrogens with zero attached hydrogens (tertiary/aromatic N) is 2. The van der Waals surface area contributed by atoms with Gasteiger partial charge in [-0.1, -0.05) is 54.2 Å². The lowest BCUT2D eigenvalue weighted by Crippen LogP contribution is -2.26. The van der Waals surface area contributed by atoms with Crippen LogP contribution < -0.4 is 15.6 Å². The van der Waals surface area contributed by atoms with Crippen molar-refractivity contribution in [3.8, 4) is 11.4 Å². The van der Waals surface area contributed by atoms with Gasteiger partial charge >= 0.3 is 0 Å². The van der Waals surface area contributed by atoms with Crippen molar-refractivity contribution in [2.45, 2.75) is 11.7 Å². The third kappa shape index (κ3) is 4.50. The van der Waals surface area contributed by atoms with Crippen molar-refractivity contribution in [1.82, 2.24) is 19.9 Å². The Morgan fingerprint density at radius 3 is 2.63 bits per heavy atom. The van der Waals surface area contributed by atoms with E-state index in [-0.39, 0.29) is 29.6 Å². The van der Waals surface area contributed by atoms with Crippen molar-refractivity contribution in [3.05, 3.63) is 94.5 Å². The first-order valence-electron chi connectivity index (χ1n) is 10.9. The molecule has 0 spiro atoms. The van der Waals surface area contributed by atoms with E-state index in [2.05, 4.69) is 10.3 Å².